The van der Waals surface area contributed by atoms with Gasteiger partial charge >= 0.3 is 5.97 Å². The molecule has 7 heteroatoms. The molecule has 1 N–H and O–H groups in total. The van der Waals surface area contributed by atoms with Gasteiger partial charge in [0.25, 0.3) is 11.7 Å². The van der Waals surface area contributed by atoms with Gasteiger partial charge in [0, 0.05) is 13.1 Å². The molecule has 0 aliphatic carbocycles. The Morgan fingerprint density at radius 3 is 2.17 bits per heavy atom. The Balaban J connectivity index is 1.28. The summed E-state index contributed by atoms with van der Waals surface area (Å²) in [6, 6.07) is 24.9. The largest absolute Gasteiger partial charge is 0.485 e. The molecule has 7 nitrogen and oxygen atoms in total. The summed E-state index contributed by atoms with van der Waals surface area (Å²) in [7, 11) is 0. The summed E-state index contributed by atoms with van der Waals surface area (Å²) in [5.74, 6) is -1.50. The number of ether oxygens (including phenoxy) is 3. The Labute approximate surface area is 209 Å². The molecule has 0 atom stereocenters. The monoisotopic (exact) mass is 485 g/mol. The number of benzene rings is 3. The standard InChI is InChI=1S/C29H27NO6/c31-28(30-16-14-21(15-17-30)18-20-8-3-1-4-9-20)26-27(29(32)33)36-25-23(12-7-13-24(25)35-26)34-19-22-10-5-2-6-11-22/h1-13,21H,14-19H2,(H,32,33). The third-order valence-corrected chi connectivity index (χ3v) is 6.46. The number of carbonyl (C=O) groups excluding carboxylic acids is 1. The summed E-state index contributed by atoms with van der Waals surface area (Å²) < 4.78 is 17.4. The van der Waals surface area contributed by atoms with Crippen LogP contribution in [0.2, 0.25) is 0 Å². The van der Waals surface area contributed by atoms with E-state index in [4.69, 9.17) is 14.2 Å². The van der Waals surface area contributed by atoms with E-state index in [0.29, 0.717) is 24.8 Å². The predicted molar refractivity (Wildman–Crippen MR) is 133 cm³/mol. The third-order valence-electron chi connectivity index (χ3n) is 6.46. The lowest BCUT2D eigenvalue weighted by Crippen LogP contribution is -2.42. The maximum Gasteiger partial charge on any atom is 0.376 e. The number of para-hydroxylation sites is 1. The van der Waals surface area contributed by atoms with Crippen molar-refractivity contribution in [3.63, 3.8) is 0 Å². The number of carboxylic acid groups (broad SMARTS) is 1. The number of rotatable bonds is 7. The topological polar surface area (TPSA) is 85.3 Å². The number of nitrogens with zero attached hydrogens (tertiary/aromatic N) is 1. The van der Waals surface area contributed by atoms with E-state index < -0.39 is 17.6 Å². The molecule has 2 aliphatic rings. The van der Waals surface area contributed by atoms with Crippen LogP contribution in [0.25, 0.3) is 0 Å². The van der Waals surface area contributed by atoms with Crippen molar-refractivity contribution in [2.75, 3.05) is 13.1 Å². The number of hydrogen-bond acceptors (Lipinski definition) is 5. The second-order valence-corrected chi connectivity index (χ2v) is 8.95. The average Bonchev–Trinajstić information content (AvgIpc) is 2.92. The van der Waals surface area contributed by atoms with Crippen LogP contribution >= 0.6 is 0 Å². The summed E-state index contributed by atoms with van der Waals surface area (Å²) in [6.45, 7) is 1.34. The van der Waals surface area contributed by atoms with Gasteiger partial charge in [-0.2, -0.15) is 0 Å². The SMILES string of the molecule is O=C(O)C1=C(C(=O)N2CCC(Cc3ccccc3)CC2)Oc2cccc(OCc3ccccc3)c2O1. The van der Waals surface area contributed by atoms with Crippen LogP contribution in [0.5, 0.6) is 17.2 Å². The van der Waals surface area contributed by atoms with E-state index >= 15 is 0 Å². The van der Waals surface area contributed by atoms with Gasteiger partial charge in [0.1, 0.15) is 6.61 Å². The molecule has 184 valence electrons. The Morgan fingerprint density at radius 1 is 0.833 bits per heavy atom. The number of likely N-dealkylation sites (tertiary alicyclic amines) is 1. The van der Waals surface area contributed by atoms with Gasteiger partial charge in [-0.1, -0.05) is 66.7 Å². The normalized spacial score (nSPS) is 15.5. The minimum atomic E-state index is -1.37. The van der Waals surface area contributed by atoms with E-state index in [0.717, 1.165) is 24.8 Å². The summed E-state index contributed by atoms with van der Waals surface area (Å²) in [6.07, 6.45) is 2.64. The van der Waals surface area contributed by atoms with Gasteiger partial charge in [0.05, 0.1) is 0 Å². The molecule has 1 fully saturated rings. The Morgan fingerprint density at radius 2 is 1.50 bits per heavy atom. The molecule has 1 amide bonds. The molecule has 3 aromatic carbocycles. The van der Waals surface area contributed by atoms with Crippen molar-refractivity contribution in [3.8, 4) is 17.2 Å². The van der Waals surface area contributed by atoms with Crippen LogP contribution in [0.15, 0.2) is 90.4 Å². The second kappa shape index (κ2) is 10.6. The van der Waals surface area contributed by atoms with Gasteiger partial charge in [-0.05, 0) is 48.4 Å². The molecule has 0 spiro atoms. The van der Waals surface area contributed by atoms with Crippen molar-refractivity contribution < 1.29 is 28.9 Å². The predicted octanol–water partition coefficient (Wildman–Crippen LogP) is 4.81. The molecular weight excluding hydrogens is 458 g/mol. The molecule has 3 aromatic rings. The zero-order valence-corrected chi connectivity index (χ0v) is 19.8. The van der Waals surface area contributed by atoms with Crippen molar-refractivity contribution in [3.05, 3.63) is 102 Å². The van der Waals surface area contributed by atoms with E-state index in [2.05, 4.69) is 12.1 Å². The first-order valence-corrected chi connectivity index (χ1v) is 12.0. The smallest absolute Gasteiger partial charge is 0.376 e. The lowest BCUT2D eigenvalue weighted by Gasteiger charge is -2.33. The van der Waals surface area contributed by atoms with Crippen LogP contribution in [-0.2, 0) is 22.6 Å². The number of amides is 1. The maximum absolute atomic E-state index is 13.3. The summed E-state index contributed by atoms with van der Waals surface area (Å²) in [5, 5.41) is 9.81. The van der Waals surface area contributed by atoms with Crippen molar-refractivity contribution in [1.82, 2.24) is 4.90 Å². The minimum absolute atomic E-state index is 0.143. The lowest BCUT2D eigenvalue weighted by molar-refractivity contribution is -0.138. The third kappa shape index (κ3) is 5.20. The van der Waals surface area contributed by atoms with E-state index in [1.165, 1.54) is 5.56 Å². The van der Waals surface area contributed by atoms with E-state index in [-0.39, 0.29) is 23.9 Å². The summed E-state index contributed by atoms with van der Waals surface area (Å²) in [5.41, 5.74) is 2.23. The molecule has 1 saturated heterocycles. The van der Waals surface area contributed by atoms with Crippen molar-refractivity contribution in [2.24, 2.45) is 5.92 Å². The van der Waals surface area contributed by atoms with Gasteiger partial charge < -0.3 is 24.2 Å². The van der Waals surface area contributed by atoms with Crippen LogP contribution in [0.4, 0.5) is 0 Å². The summed E-state index contributed by atoms with van der Waals surface area (Å²) in [4.78, 5) is 27.0. The van der Waals surface area contributed by atoms with Crippen molar-refractivity contribution in [1.29, 1.82) is 0 Å². The molecule has 0 radical (unpaired) electrons. The van der Waals surface area contributed by atoms with Crippen molar-refractivity contribution >= 4 is 11.9 Å². The second-order valence-electron chi connectivity index (χ2n) is 8.95. The molecule has 2 heterocycles. The quantitative estimate of drug-likeness (QED) is 0.517. The van der Waals surface area contributed by atoms with Crippen LogP contribution in [0, 0.1) is 5.92 Å². The number of fused-ring (bicyclic) bond motifs is 1. The van der Waals surface area contributed by atoms with Gasteiger partial charge in [0.2, 0.25) is 11.5 Å². The van der Waals surface area contributed by atoms with Crippen molar-refractivity contribution in [2.45, 2.75) is 25.9 Å². The molecule has 2 aliphatic heterocycles. The molecule has 5 rings (SSSR count). The fourth-order valence-electron chi connectivity index (χ4n) is 4.54. The number of carboxylic acids is 1. The first-order valence-electron chi connectivity index (χ1n) is 12.0. The lowest BCUT2D eigenvalue weighted by atomic mass is 9.90. The molecule has 36 heavy (non-hydrogen) atoms. The zero-order chi connectivity index (χ0) is 24.9. The molecule has 0 saturated carbocycles. The number of hydrogen-bond donors (Lipinski definition) is 1. The highest BCUT2D eigenvalue weighted by molar-refractivity contribution is 6.00. The first kappa shape index (κ1) is 23.5. The molecule has 0 bridgehead atoms. The maximum atomic E-state index is 13.3. The highest BCUT2D eigenvalue weighted by Gasteiger charge is 2.36. The fraction of sp³-hybridized carbons (Fsp3) is 0.241. The van der Waals surface area contributed by atoms with Gasteiger partial charge in [-0.15, -0.1) is 0 Å². The minimum Gasteiger partial charge on any atom is -0.485 e. The highest BCUT2D eigenvalue weighted by Crippen LogP contribution is 2.43. The number of carbonyl (C=O) groups is 2. The molecule has 0 aromatic heterocycles. The van der Waals surface area contributed by atoms with E-state index in [1.807, 2.05) is 48.5 Å². The van der Waals surface area contributed by atoms with E-state index in [9.17, 15) is 14.7 Å². The Bertz CT molecular complexity index is 1260. The van der Waals surface area contributed by atoms with Gasteiger partial charge in [-0.3, -0.25) is 4.79 Å². The van der Waals surface area contributed by atoms with Crippen LogP contribution in [0.3, 0.4) is 0 Å². The van der Waals surface area contributed by atoms with Crippen LogP contribution < -0.4 is 14.2 Å². The Kier molecular flexibility index (Phi) is 6.89. The number of piperidine rings is 1. The van der Waals surface area contributed by atoms with E-state index in [1.54, 1.807) is 23.1 Å². The summed E-state index contributed by atoms with van der Waals surface area (Å²) >= 11 is 0. The molecular formula is C29H27NO6. The number of aliphatic carboxylic acids is 1. The first-order chi connectivity index (χ1) is 17.6. The van der Waals surface area contributed by atoms with Crippen LogP contribution in [0.1, 0.15) is 24.0 Å². The molecule has 0 unspecified atom stereocenters. The highest BCUT2D eigenvalue weighted by atomic mass is 16.6. The zero-order valence-electron chi connectivity index (χ0n) is 19.8. The van der Waals surface area contributed by atoms with Gasteiger partial charge in [-0.25, -0.2) is 4.79 Å². The fourth-order valence-corrected chi connectivity index (χ4v) is 4.54. The van der Waals surface area contributed by atoms with Crippen LogP contribution in [-0.4, -0.2) is 35.0 Å². The Hall–Kier alpha value is -4.26. The average molecular weight is 486 g/mol. The van der Waals surface area contributed by atoms with Gasteiger partial charge in [0.15, 0.2) is 11.5 Å².